The van der Waals surface area contributed by atoms with E-state index in [2.05, 4.69) is 5.32 Å². The van der Waals surface area contributed by atoms with Gasteiger partial charge in [0.1, 0.15) is 5.75 Å². The molecule has 2 aromatic rings. The van der Waals surface area contributed by atoms with Gasteiger partial charge in [0.2, 0.25) is 11.8 Å². The van der Waals surface area contributed by atoms with Crippen LogP contribution in [0.3, 0.4) is 0 Å². The first-order valence-corrected chi connectivity index (χ1v) is 9.88. The summed E-state index contributed by atoms with van der Waals surface area (Å²) in [6.45, 7) is 5.43. The second kappa shape index (κ2) is 9.56. The molecule has 1 saturated heterocycles. The van der Waals surface area contributed by atoms with Crippen LogP contribution in [0, 0.1) is 5.92 Å². The lowest BCUT2D eigenvalue weighted by Crippen LogP contribution is -2.32. The van der Waals surface area contributed by atoms with Gasteiger partial charge in [-0.2, -0.15) is 0 Å². The second-order valence-electron chi connectivity index (χ2n) is 7.50. The maximum atomic E-state index is 12.6. The van der Waals surface area contributed by atoms with E-state index in [0.29, 0.717) is 19.7 Å². The topological polar surface area (TPSA) is 67.9 Å². The third-order valence-corrected chi connectivity index (χ3v) is 4.95. The van der Waals surface area contributed by atoms with Gasteiger partial charge in [0, 0.05) is 25.2 Å². The summed E-state index contributed by atoms with van der Waals surface area (Å²) < 4.78 is 10.7. The normalized spacial score (nSPS) is 16.3. The molecule has 0 saturated carbocycles. The highest BCUT2D eigenvalue weighted by Gasteiger charge is 2.34. The number of ether oxygens (including phenoxy) is 2. The molecular formula is C23H28N2O4. The van der Waals surface area contributed by atoms with Crippen molar-refractivity contribution in [3.05, 3.63) is 59.7 Å². The minimum atomic E-state index is -0.344. The first kappa shape index (κ1) is 20.9. The van der Waals surface area contributed by atoms with Gasteiger partial charge < -0.3 is 19.7 Å². The van der Waals surface area contributed by atoms with Crippen LogP contribution in [0.15, 0.2) is 48.5 Å². The van der Waals surface area contributed by atoms with E-state index in [9.17, 15) is 9.59 Å². The van der Waals surface area contributed by atoms with Crippen LogP contribution in [0.25, 0.3) is 0 Å². The van der Waals surface area contributed by atoms with Gasteiger partial charge in [0.25, 0.3) is 0 Å². The van der Waals surface area contributed by atoms with Gasteiger partial charge in [-0.15, -0.1) is 0 Å². The number of anilines is 1. The fourth-order valence-corrected chi connectivity index (χ4v) is 3.24. The Morgan fingerprint density at radius 3 is 2.38 bits per heavy atom. The van der Waals surface area contributed by atoms with E-state index in [4.69, 9.17) is 9.47 Å². The van der Waals surface area contributed by atoms with Gasteiger partial charge in [-0.3, -0.25) is 9.59 Å². The Morgan fingerprint density at radius 2 is 1.76 bits per heavy atom. The first-order chi connectivity index (χ1) is 14.0. The van der Waals surface area contributed by atoms with E-state index in [0.717, 1.165) is 22.6 Å². The Balaban J connectivity index is 1.51. The molecule has 6 nitrogen and oxygen atoms in total. The molecule has 0 radical (unpaired) electrons. The van der Waals surface area contributed by atoms with E-state index in [1.165, 1.54) is 0 Å². The van der Waals surface area contributed by atoms with Crippen molar-refractivity contribution < 1.29 is 19.1 Å². The van der Waals surface area contributed by atoms with Crippen LogP contribution in [0.5, 0.6) is 5.75 Å². The molecule has 1 atom stereocenters. The Labute approximate surface area is 171 Å². The Bertz CT molecular complexity index is 831. The third-order valence-electron chi connectivity index (χ3n) is 4.95. The molecule has 3 rings (SSSR count). The molecular weight excluding hydrogens is 368 g/mol. The Hall–Kier alpha value is -2.86. The van der Waals surface area contributed by atoms with Crippen molar-refractivity contribution in [2.75, 3.05) is 18.6 Å². The van der Waals surface area contributed by atoms with E-state index in [-0.39, 0.29) is 30.3 Å². The summed E-state index contributed by atoms with van der Waals surface area (Å²) in [4.78, 5) is 26.6. The number of rotatable bonds is 8. The molecule has 1 aliphatic heterocycles. The van der Waals surface area contributed by atoms with Crippen LogP contribution in [-0.2, 0) is 27.5 Å². The maximum Gasteiger partial charge on any atom is 0.227 e. The number of methoxy groups -OCH3 is 1. The summed E-state index contributed by atoms with van der Waals surface area (Å²) in [5, 5.41) is 2.95. The van der Waals surface area contributed by atoms with Crippen molar-refractivity contribution in [1.29, 1.82) is 0 Å². The molecule has 0 aromatic heterocycles. The van der Waals surface area contributed by atoms with Crippen LogP contribution in [-0.4, -0.2) is 31.6 Å². The summed E-state index contributed by atoms with van der Waals surface area (Å²) in [6.07, 6.45) is 0.421. The summed E-state index contributed by atoms with van der Waals surface area (Å²) in [6, 6.07) is 15.3. The van der Waals surface area contributed by atoms with E-state index < -0.39 is 0 Å². The molecule has 29 heavy (non-hydrogen) atoms. The molecule has 2 amide bonds. The molecule has 1 fully saturated rings. The predicted molar refractivity (Wildman–Crippen MR) is 112 cm³/mol. The molecule has 154 valence electrons. The first-order valence-electron chi connectivity index (χ1n) is 9.88. The highest BCUT2D eigenvalue weighted by Crippen LogP contribution is 2.27. The lowest BCUT2D eigenvalue weighted by molar-refractivity contribution is -0.126. The van der Waals surface area contributed by atoms with Crippen LogP contribution >= 0.6 is 0 Å². The third kappa shape index (κ3) is 5.57. The van der Waals surface area contributed by atoms with Crippen LogP contribution < -0.4 is 15.0 Å². The number of carbonyl (C=O) groups excluding carboxylic acids is 2. The number of amides is 2. The number of nitrogens with zero attached hydrogens (tertiary/aromatic N) is 1. The molecule has 0 spiro atoms. The van der Waals surface area contributed by atoms with Crippen LogP contribution in [0.2, 0.25) is 0 Å². The predicted octanol–water partition coefficient (Wildman–Crippen LogP) is 3.29. The molecule has 1 aliphatic rings. The van der Waals surface area contributed by atoms with Crippen molar-refractivity contribution in [3.63, 3.8) is 0 Å². The maximum absolute atomic E-state index is 12.6. The van der Waals surface area contributed by atoms with Gasteiger partial charge in [0.15, 0.2) is 0 Å². The lowest BCUT2D eigenvalue weighted by atomic mass is 10.1. The number of hydrogen-bond acceptors (Lipinski definition) is 4. The van der Waals surface area contributed by atoms with Gasteiger partial charge >= 0.3 is 0 Å². The highest BCUT2D eigenvalue weighted by molar-refractivity contribution is 6.00. The number of nitrogens with one attached hydrogen (secondary N) is 1. The number of carbonyl (C=O) groups is 2. The molecule has 0 aliphatic carbocycles. The SMILES string of the molecule is COc1ccc(N2CC(C(=O)NCc3ccc(COC(C)C)cc3)CC2=O)cc1. The average Bonchev–Trinajstić information content (AvgIpc) is 3.13. The molecule has 0 bridgehead atoms. The molecule has 1 N–H and O–H groups in total. The van der Waals surface area contributed by atoms with Crippen molar-refractivity contribution >= 4 is 17.5 Å². The molecule has 1 unspecified atom stereocenters. The largest absolute Gasteiger partial charge is 0.497 e. The zero-order valence-electron chi connectivity index (χ0n) is 17.2. The average molecular weight is 396 g/mol. The number of hydrogen-bond donors (Lipinski definition) is 1. The monoisotopic (exact) mass is 396 g/mol. The van der Waals surface area contributed by atoms with Crippen LogP contribution in [0.1, 0.15) is 31.4 Å². The van der Waals surface area contributed by atoms with Crippen molar-refractivity contribution in [3.8, 4) is 5.75 Å². The smallest absolute Gasteiger partial charge is 0.227 e. The lowest BCUT2D eigenvalue weighted by Gasteiger charge is -2.17. The standard InChI is InChI=1S/C23H28N2O4/c1-16(2)29-15-18-6-4-17(5-7-18)13-24-23(27)19-12-22(26)25(14-19)20-8-10-21(28-3)11-9-20/h4-11,16,19H,12-15H2,1-3H3,(H,24,27). The summed E-state index contributed by atoms with van der Waals surface area (Å²) in [5.41, 5.74) is 2.90. The van der Waals surface area contributed by atoms with E-state index in [1.54, 1.807) is 12.0 Å². The van der Waals surface area contributed by atoms with Gasteiger partial charge in [-0.1, -0.05) is 24.3 Å². The molecule has 2 aromatic carbocycles. The fourth-order valence-electron chi connectivity index (χ4n) is 3.24. The fraction of sp³-hybridized carbons (Fsp3) is 0.391. The Kier molecular flexibility index (Phi) is 6.88. The van der Waals surface area contributed by atoms with Crippen LogP contribution in [0.4, 0.5) is 5.69 Å². The zero-order chi connectivity index (χ0) is 20.8. The second-order valence-corrected chi connectivity index (χ2v) is 7.50. The van der Waals surface area contributed by atoms with Crippen molar-refractivity contribution in [1.82, 2.24) is 5.32 Å². The van der Waals surface area contributed by atoms with Gasteiger partial charge in [-0.25, -0.2) is 0 Å². The highest BCUT2D eigenvalue weighted by atomic mass is 16.5. The summed E-state index contributed by atoms with van der Waals surface area (Å²) in [7, 11) is 1.60. The van der Waals surface area contributed by atoms with Gasteiger partial charge in [0.05, 0.1) is 25.7 Å². The van der Waals surface area contributed by atoms with Crippen molar-refractivity contribution in [2.24, 2.45) is 5.92 Å². The van der Waals surface area contributed by atoms with Gasteiger partial charge in [-0.05, 0) is 49.2 Å². The summed E-state index contributed by atoms with van der Waals surface area (Å²) >= 11 is 0. The number of benzene rings is 2. The minimum Gasteiger partial charge on any atom is -0.497 e. The Morgan fingerprint density at radius 1 is 1.10 bits per heavy atom. The zero-order valence-corrected chi connectivity index (χ0v) is 17.2. The molecule has 6 heteroatoms. The molecule has 1 heterocycles. The quantitative estimate of drug-likeness (QED) is 0.744. The summed E-state index contributed by atoms with van der Waals surface area (Å²) in [5.74, 6) is 0.256. The van der Waals surface area contributed by atoms with E-state index >= 15 is 0 Å². The minimum absolute atomic E-state index is 0.0372. The van der Waals surface area contributed by atoms with Crippen molar-refractivity contribution in [2.45, 2.75) is 39.5 Å². The van der Waals surface area contributed by atoms with E-state index in [1.807, 2.05) is 62.4 Å².